The van der Waals surface area contributed by atoms with E-state index in [2.05, 4.69) is 15.5 Å². The van der Waals surface area contributed by atoms with Gasteiger partial charge in [0.05, 0.1) is 14.2 Å². The molecule has 0 bridgehead atoms. The summed E-state index contributed by atoms with van der Waals surface area (Å²) in [5.74, 6) is 2.20. The molecule has 1 saturated carbocycles. The molecule has 1 amide bonds. The van der Waals surface area contributed by atoms with Crippen LogP contribution in [-0.2, 0) is 10.3 Å². The first-order valence-electron chi connectivity index (χ1n) is 8.59. The Morgan fingerprint density at radius 1 is 1.27 bits per heavy atom. The molecule has 0 saturated heterocycles. The van der Waals surface area contributed by atoms with Crippen LogP contribution in [0.25, 0.3) is 6.08 Å². The van der Waals surface area contributed by atoms with Crippen LogP contribution in [0.3, 0.4) is 0 Å². The quantitative estimate of drug-likeness (QED) is 0.800. The van der Waals surface area contributed by atoms with Gasteiger partial charge < -0.3 is 19.3 Å². The van der Waals surface area contributed by atoms with Gasteiger partial charge in [-0.2, -0.15) is 4.98 Å². The average Bonchev–Trinajstić information content (AvgIpc) is 3.29. The Labute approximate surface area is 152 Å². The largest absolute Gasteiger partial charge is 0.497 e. The lowest BCUT2D eigenvalue weighted by atomic mass is 9.96. The number of methoxy groups -OCH3 is 2. The van der Waals surface area contributed by atoms with E-state index in [4.69, 9.17) is 14.0 Å². The van der Waals surface area contributed by atoms with E-state index in [0.29, 0.717) is 23.2 Å². The van der Waals surface area contributed by atoms with Crippen LogP contribution in [0, 0.1) is 6.92 Å². The second-order valence-electron chi connectivity index (χ2n) is 6.36. The van der Waals surface area contributed by atoms with Gasteiger partial charge in [-0.05, 0) is 37.1 Å². The summed E-state index contributed by atoms with van der Waals surface area (Å²) in [7, 11) is 3.18. The standard InChI is InChI=1S/C19H23N3O4/c1-13-20-18(22-26-13)19(10-4-5-11-19)21-17(23)9-6-14-12-15(24-2)7-8-16(14)25-3/h6-9,12H,4-5,10-11H2,1-3H3,(H,21,23). The van der Waals surface area contributed by atoms with Gasteiger partial charge >= 0.3 is 0 Å². The van der Waals surface area contributed by atoms with Gasteiger partial charge in [-0.1, -0.05) is 18.0 Å². The Bertz CT molecular complexity index is 807. The van der Waals surface area contributed by atoms with E-state index in [1.807, 2.05) is 12.1 Å². The van der Waals surface area contributed by atoms with Crippen LogP contribution in [-0.4, -0.2) is 30.3 Å². The van der Waals surface area contributed by atoms with E-state index in [1.165, 1.54) is 6.08 Å². The van der Waals surface area contributed by atoms with Crippen LogP contribution in [0.15, 0.2) is 28.8 Å². The van der Waals surface area contributed by atoms with Crippen molar-refractivity contribution in [3.63, 3.8) is 0 Å². The van der Waals surface area contributed by atoms with E-state index in [1.54, 1.807) is 33.3 Å². The molecule has 1 aromatic carbocycles. The lowest BCUT2D eigenvalue weighted by molar-refractivity contribution is -0.118. The fraction of sp³-hybridized carbons (Fsp3) is 0.421. The molecule has 2 aromatic rings. The number of aryl methyl sites for hydroxylation is 1. The minimum atomic E-state index is -0.558. The summed E-state index contributed by atoms with van der Waals surface area (Å²) in [5, 5.41) is 7.11. The van der Waals surface area contributed by atoms with Crippen molar-refractivity contribution in [2.45, 2.75) is 38.1 Å². The molecule has 1 fully saturated rings. The maximum absolute atomic E-state index is 12.6. The van der Waals surface area contributed by atoms with Crippen molar-refractivity contribution < 1.29 is 18.8 Å². The van der Waals surface area contributed by atoms with E-state index in [-0.39, 0.29) is 5.91 Å². The Morgan fingerprint density at radius 3 is 2.65 bits per heavy atom. The van der Waals surface area contributed by atoms with Gasteiger partial charge in [0, 0.05) is 18.6 Å². The fourth-order valence-electron chi connectivity index (χ4n) is 3.29. The topological polar surface area (TPSA) is 86.5 Å². The van der Waals surface area contributed by atoms with E-state index >= 15 is 0 Å². The zero-order valence-electron chi connectivity index (χ0n) is 15.2. The molecular formula is C19H23N3O4. The third-order valence-electron chi connectivity index (χ3n) is 4.63. The number of nitrogens with zero attached hydrogens (tertiary/aromatic N) is 2. The first kappa shape index (κ1) is 18.0. The van der Waals surface area contributed by atoms with Crippen molar-refractivity contribution in [3.8, 4) is 11.5 Å². The first-order valence-corrected chi connectivity index (χ1v) is 8.59. The highest BCUT2D eigenvalue weighted by atomic mass is 16.5. The number of aromatic nitrogens is 2. The van der Waals surface area contributed by atoms with Crippen LogP contribution >= 0.6 is 0 Å². The predicted octanol–water partition coefficient (Wildman–Crippen LogP) is 2.99. The normalized spacial score (nSPS) is 16.0. The molecular weight excluding hydrogens is 334 g/mol. The zero-order valence-corrected chi connectivity index (χ0v) is 15.2. The monoisotopic (exact) mass is 357 g/mol. The van der Waals surface area contributed by atoms with Crippen LogP contribution in [0.5, 0.6) is 11.5 Å². The highest BCUT2D eigenvalue weighted by Crippen LogP contribution is 2.37. The Kier molecular flexibility index (Phi) is 5.25. The van der Waals surface area contributed by atoms with Crippen molar-refractivity contribution in [2.24, 2.45) is 0 Å². The van der Waals surface area contributed by atoms with Gasteiger partial charge in [0.15, 0.2) is 5.82 Å². The molecule has 3 rings (SSSR count). The second kappa shape index (κ2) is 7.59. The van der Waals surface area contributed by atoms with Gasteiger partial charge in [-0.15, -0.1) is 0 Å². The summed E-state index contributed by atoms with van der Waals surface area (Å²) >= 11 is 0. The lowest BCUT2D eigenvalue weighted by Crippen LogP contribution is -2.44. The summed E-state index contributed by atoms with van der Waals surface area (Å²) in [6.45, 7) is 1.75. The molecule has 1 aromatic heterocycles. The van der Waals surface area contributed by atoms with E-state index < -0.39 is 5.54 Å². The number of hydrogen-bond donors (Lipinski definition) is 1. The third kappa shape index (κ3) is 3.71. The van der Waals surface area contributed by atoms with Crippen molar-refractivity contribution in [2.75, 3.05) is 14.2 Å². The smallest absolute Gasteiger partial charge is 0.244 e. The average molecular weight is 357 g/mol. The molecule has 0 unspecified atom stereocenters. The minimum Gasteiger partial charge on any atom is -0.497 e. The lowest BCUT2D eigenvalue weighted by Gasteiger charge is -2.26. The number of ether oxygens (including phenoxy) is 2. The number of amides is 1. The summed E-state index contributed by atoms with van der Waals surface area (Å²) in [4.78, 5) is 16.9. The van der Waals surface area contributed by atoms with Gasteiger partial charge in [0.1, 0.15) is 17.0 Å². The molecule has 26 heavy (non-hydrogen) atoms. The fourth-order valence-corrected chi connectivity index (χ4v) is 3.29. The molecule has 138 valence electrons. The van der Waals surface area contributed by atoms with Crippen LogP contribution < -0.4 is 14.8 Å². The van der Waals surface area contributed by atoms with Crippen LogP contribution in [0.2, 0.25) is 0 Å². The molecule has 7 nitrogen and oxygen atoms in total. The SMILES string of the molecule is COc1ccc(OC)c(C=CC(=O)NC2(c3noc(C)n3)CCCC2)c1. The Hall–Kier alpha value is -2.83. The molecule has 7 heteroatoms. The van der Waals surface area contributed by atoms with Gasteiger partial charge in [-0.3, -0.25) is 4.79 Å². The molecule has 1 N–H and O–H groups in total. The molecule has 0 spiro atoms. The highest BCUT2D eigenvalue weighted by molar-refractivity contribution is 5.92. The molecule has 0 atom stereocenters. The predicted molar refractivity (Wildman–Crippen MR) is 95.9 cm³/mol. The van der Waals surface area contributed by atoms with Crippen molar-refractivity contribution in [3.05, 3.63) is 41.6 Å². The number of carbonyl (C=O) groups is 1. The van der Waals surface area contributed by atoms with Gasteiger partial charge in [0.25, 0.3) is 0 Å². The maximum atomic E-state index is 12.6. The molecule has 0 aliphatic heterocycles. The first-order chi connectivity index (χ1) is 12.6. The Balaban J connectivity index is 1.78. The molecule has 1 aliphatic carbocycles. The number of nitrogens with one attached hydrogen (secondary N) is 1. The zero-order chi connectivity index (χ0) is 18.6. The summed E-state index contributed by atoms with van der Waals surface area (Å²) < 4.78 is 15.7. The number of benzene rings is 1. The minimum absolute atomic E-state index is 0.209. The summed E-state index contributed by atoms with van der Waals surface area (Å²) in [6.07, 6.45) is 6.83. The van der Waals surface area contributed by atoms with Crippen LogP contribution in [0.4, 0.5) is 0 Å². The number of rotatable bonds is 6. The summed E-state index contributed by atoms with van der Waals surface area (Å²) in [5.41, 5.74) is 0.204. The Morgan fingerprint density at radius 2 is 2.04 bits per heavy atom. The van der Waals surface area contributed by atoms with E-state index in [9.17, 15) is 4.79 Å². The van der Waals surface area contributed by atoms with E-state index in [0.717, 1.165) is 31.2 Å². The van der Waals surface area contributed by atoms with Gasteiger partial charge in [0.2, 0.25) is 11.8 Å². The molecule has 1 aliphatic rings. The van der Waals surface area contributed by atoms with Crippen molar-refractivity contribution >= 4 is 12.0 Å². The van der Waals surface area contributed by atoms with Crippen molar-refractivity contribution in [1.82, 2.24) is 15.5 Å². The number of carbonyl (C=O) groups excluding carboxylic acids is 1. The molecule has 1 heterocycles. The van der Waals surface area contributed by atoms with Crippen LogP contribution in [0.1, 0.15) is 43.0 Å². The summed E-state index contributed by atoms with van der Waals surface area (Å²) in [6, 6.07) is 5.43. The molecule has 0 radical (unpaired) electrons. The number of hydrogen-bond acceptors (Lipinski definition) is 6. The highest BCUT2D eigenvalue weighted by Gasteiger charge is 2.40. The van der Waals surface area contributed by atoms with Crippen molar-refractivity contribution in [1.29, 1.82) is 0 Å². The third-order valence-corrected chi connectivity index (χ3v) is 4.63. The second-order valence-corrected chi connectivity index (χ2v) is 6.36. The maximum Gasteiger partial charge on any atom is 0.244 e. The van der Waals surface area contributed by atoms with Gasteiger partial charge in [-0.25, -0.2) is 0 Å².